The average Bonchev–Trinajstić information content (AvgIpc) is 2.43. The van der Waals surface area contributed by atoms with E-state index in [1.807, 2.05) is 13.8 Å². The predicted octanol–water partition coefficient (Wildman–Crippen LogP) is 3.58. The molecule has 0 aliphatic rings. The van der Waals surface area contributed by atoms with Gasteiger partial charge in [-0.3, -0.25) is 5.10 Å². The summed E-state index contributed by atoms with van der Waals surface area (Å²) >= 11 is 4.94. The lowest BCUT2D eigenvalue weighted by molar-refractivity contribution is -0.141. The monoisotopic (exact) mass is 253 g/mol. The quantitative estimate of drug-likeness (QED) is 0.835. The maximum absolute atomic E-state index is 12.3. The lowest BCUT2D eigenvalue weighted by Gasteiger charge is -2.18. The van der Waals surface area contributed by atoms with Crippen molar-refractivity contribution in [3.05, 3.63) is 10.6 Å². The molecule has 7 heteroatoms. The van der Waals surface area contributed by atoms with Crippen LogP contribution in [-0.2, 0) is 0 Å². The molecule has 0 saturated heterocycles. The molecule has 0 aliphatic heterocycles. The second-order valence-electron chi connectivity index (χ2n) is 4.08. The summed E-state index contributed by atoms with van der Waals surface area (Å²) in [6.07, 6.45) is -5.10. The van der Waals surface area contributed by atoms with Crippen LogP contribution in [0, 0.1) is 4.77 Å². The van der Waals surface area contributed by atoms with Crippen molar-refractivity contribution in [2.75, 3.05) is 0 Å². The Morgan fingerprint density at radius 1 is 1.38 bits per heavy atom. The van der Waals surface area contributed by atoms with E-state index in [1.165, 1.54) is 11.5 Å². The van der Waals surface area contributed by atoms with Gasteiger partial charge in [0.15, 0.2) is 4.77 Å². The lowest BCUT2D eigenvalue weighted by Crippen LogP contribution is -2.18. The summed E-state index contributed by atoms with van der Waals surface area (Å²) in [6.45, 7) is 5.22. The summed E-state index contributed by atoms with van der Waals surface area (Å²) in [5, 5.41) is 6.48. The Hall–Kier alpha value is -0.850. The van der Waals surface area contributed by atoms with Crippen LogP contribution in [0.25, 0.3) is 0 Å². The van der Waals surface area contributed by atoms with Crippen LogP contribution in [0.15, 0.2) is 0 Å². The number of rotatable bonds is 3. The van der Waals surface area contributed by atoms with Crippen molar-refractivity contribution in [1.29, 1.82) is 0 Å². The van der Waals surface area contributed by atoms with Gasteiger partial charge < -0.3 is 4.57 Å². The Kier molecular flexibility index (Phi) is 3.77. The van der Waals surface area contributed by atoms with Gasteiger partial charge in [-0.15, -0.1) is 0 Å². The summed E-state index contributed by atoms with van der Waals surface area (Å²) in [5.74, 6) is 0.588. The largest absolute Gasteiger partial charge is 0.391 e. The second kappa shape index (κ2) is 4.57. The number of halogens is 3. The molecule has 1 N–H and O–H groups in total. The number of aromatic amines is 1. The van der Waals surface area contributed by atoms with Gasteiger partial charge in [0.05, 0.1) is 6.42 Å². The molecule has 1 aromatic rings. The molecule has 92 valence electrons. The molecule has 16 heavy (non-hydrogen) atoms. The average molecular weight is 253 g/mol. The van der Waals surface area contributed by atoms with Crippen molar-refractivity contribution in [2.45, 2.75) is 45.3 Å². The molecule has 0 aliphatic carbocycles. The van der Waals surface area contributed by atoms with Crippen LogP contribution >= 0.6 is 12.2 Å². The smallest absolute Gasteiger partial charge is 0.301 e. The second-order valence-corrected chi connectivity index (χ2v) is 4.47. The van der Waals surface area contributed by atoms with Gasteiger partial charge in [0.1, 0.15) is 5.82 Å². The number of aromatic nitrogens is 3. The molecule has 0 spiro atoms. The molecule has 1 unspecified atom stereocenters. The van der Waals surface area contributed by atoms with Gasteiger partial charge in [0.2, 0.25) is 0 Å². The highest BCUT2D eigenvalue weighted by atomic mass is 32.1. The predicted molar refractivity (Wildman–Crippen MR) is 56.9 cm³/mol. The number of nitrogens with one attached hydrogen (secondary N) is 1. The van der Waals surface area contributed by atoms with Gasteiger partial charge in [0, 0.05) is 12.0 Å². The van der Waals surface area contributed by atoms with Crippen molar-refractivity contribution in [2.24, 2.45) is 0 Å². The van der Waals surface area contributed by atoms with Crippen LogP contribution in [0.3, 0.4) is 0 Å². The Bertz CT molecular complexity index is 405. The van der Waals surface area contributed by atoms with Gasteiger partial charge in [-0.25, -0.2) is 0 Å². The summed E-state index contributed by atoms with van der Waals surface area (Å²) in [5.41, 5.74) is 0. The van der Waals surface area contributed by atoms with Crippen LogP contribution < -0.4 is 0 Å². The molecule has 0 radical (unpaired) electrons. The molecular formula is C9H14F3N3S. The van der Waals surface area contributed by atoms with Gasteiger partial charge in [0.25, 0.3) is 0 Å². The fraction of sp³-hybridized carbons (Fsp3) is 0.778. The van der Waals surface area contributed by atoms with Crippen LogP contribution in [0.5, 0.6) is 0 Å². The van der Waals surface area contributed by atoms with E-state index in [2.05, 4.69) is 10.2 Å². The molecule has 0 aromatic carbocycles. The highest BCUT2D eigenvalue weighted by Gasteiger charge is 2.32. The van der Waals surface area contributed by atoms with E-state index in [1.54, 1.807) is 0 Å². The Morgan fingerprint density at radius 2 is 1.94 bits per heavy atom. The molecule has 3 nitrogen and oxygen atoms in total. The normalized spacial score (nSPS) is 14.4. The Balaban J connectivity index is 3.03. The first-order valence-corrected chi connectivity index (χ1v) is 5.36. The molecule has 1 rings (SSSR count). The van der Waals surface area contributed by atoms with Gasteiger partial charge in [-0.1, -0.05) is 13.8 Å². The summed E-state index contributed by atoms with van der Waals surface area (Å²) in [4.78, 5) is 0. The fourth-order valence-corrected chi connectivity index (χ4v) is 1.90. The molecule has 0 fully saturated rings. The van der Waals surface area contributed by atoms with E-state index in [0.717, 1.165) is 0 Å². The van der Waals surface area contributed by atoms with E-state index >= 15 is 0 Å². The Labute approximate surface area is 96.7 Å². The van der Waals surface area contributed by atoms with Crippen LogP contribution in [0.2, 0.25) is 0 Å². The van der Waals surface area contributed by atoms with Crippen molar-refractivity contribution in [3.63, 3.8) is 0 Å². The van der Waals surface area contributed by atoms with Gasteiger partial charge >= 0.3 is 6.18 Å². The molecule has 1 heterocycles. The van der Waals surface area contributed by atoms with Crippen molar-refractivity contribution < 1.29 is 13.2 Å². The highest BCUT2D eigenvalue weighted by molar-refractivity contribution is 7.71. The molecule has 1 aromatic heterocycles. The van der Waals surface area contributed by atoms with E-state index in [0.29, 0.717) is 5.82 Å². The molecule has 0 saturated carbocycles. The third kappa shape index (κ3) is 3.07. The third-order valence-electron chi connectivity index (χ3n) is 2.22. The SMILES string of the molecule is CC(C)c1n[nH]c(=S)n1C(C)CC(F)(F)F. The van der Waals surface area contributed by atoms with Crippen LogP contribution in [0.4, 0.5) is 13.2 Å². The van der Waals surface area contributed by atoms with Crippen molar-refractivity contribution in [1.82, 2.24) is 14.8 Å². The van der Waals surface area contributed by atoms with E-state index in [4.69, 9.17) is 12.2 Å². The zero-order valence-corrected chi connectivity index (χ0v) is 10.1. The minimum atomic E-state index is -4.19. The van der Waals surface area contributed by atoms with Crippen molar-refractivity contribution >= 4 is 12.2 Å². The lowest BCUT2D eigenvalue weighted by atomic mass is 10.1. The fourth-order valence-electron chi connectivity index (χ4n) is 1.58. The number of nitrogens with zero attached hydrogens (tertiary/aromatic N) is 2. The third-order valence-corrected chi connectivity index (χ3v) is 2.50. The minimum Gasteiger partial charge on any atom is -0.301 e. The maximum atomic E-state index is 12.3. The first-order chi connectivity index (χ1) is 7.22. The topological polar surface area (TPSA) is 33.6 Å². The number of alkyl halides is 3. The summed E-state index contributed by atoms with van der Waals surface area (Å²) in [7, 11) is 0. The number of hydrogen-bond donors (Lipinski definition) is 1. The summed E-state index contributed by atoms with van der Waals surface area (Å²) < 4.78 is 38.5. The first kappa shape index (κ1) is 13.2. The molecule has 0 amide bonds. The minimum absolute atomic E-state index is 0.0311. The van der Waals surface area contributed by atoms with E-state index in [9.17, 15) is 13.2 Å². The van der Waals surface area contributed by atoms with E-state index < -0.39 is 18.6 Å². The highest BCUT2D eigenvalue weighted by Crippen LogP contribution is 2.29. The van der Waals surface area contributed by atoms with Crippen molar-refractivity contribution in [3.8, 4) is 0 Å². The van der Waals surface area contributed by atoms with Gasteiger partial charge in [-0.05, 0) is 19.1 Å². The standard InChI is InChI=1S/C9H14F3N3S/c1-5(2)7-13-14-8(16)15(7)6(3)4-9(10,11)12/h5-6H,4H2,1-3H3,(H,14,16). The number of H-pyrrole nitrogens is 1. The summed E-state index contributed by atoms with van der Waals surface area (Å²) in [6, 6.07) is -0.733. The molecular weight excluding hydrogens is 239 g/mol. The van der Waals surface area contributed by atoms with Crippen LogP contribution in [-0.4, -0.2) is 20.9 Å². The van der Waals surface area contributed by atoms with E-state index in [-0.39, 0.29) is 10.7 Å². The molecule has 0 bridgehead atoms. The zero-order chi connectivity index (χ0) is 12.5. The first-order valence-electron chi connectivity index (χ1n) is 4.96. The van der Waals surface area contributed by atoms with Crippen LogP contribution in [0.1, 0.15) is 45.0 Å². The molecule has 1 atom stereocenters. The van der Waals surface area contributed by atoms with Gasteiger partial charge in [-0.2, -0.15) is 18.3 Å². The maximum Gasteiger partial charge on any atom is 0.391 e. The zero-order valence-electron chi connectivity index (χ0n) is 9.30. The Morgan fingerprint density at radius 3 is 2.38 bits per heavy atom. The number of hydrogen-bond acceptors (Lipinski definition) is 2.